The summed E-state index contributed by atoms with van der Waals surface area (Å²) in [5.41, 5.74) is 1.79. The van der Waals surface area contributed by atoms with E-state index < -0.39 is 0 Å². The Kier molecular flexibility index (Phi) is 3.05. The van der Waals surface area contributed by atoms with Gasteiger partial charge < -0.3 is 0 Å². The molecule has 0 aliphatic carbocycles. The van der Waals surface area contributed by atoms with Crippen molar-refractivity contribution >= 4 is 16.7 Å². The molecule has 2 aromatic rings. The first-order valence-corrected chi connectivity index (χ1v) is 6.93. The molecule has 3 heteroatoms. The van der Waals surface area contributed by atoms with Crippen LogP contribution in [0, 0.1) is 6.92 Å². The monoisotopic (exact) mass is 387 g/mol. The number of aryl methyl sites for hydroxylation is 1. The molecule has 0 atom stereocenters. The van der Waals surface area contributed by atoms with Crippen LogP contribution in [0.5, 0.6) is 0 Å². The summed E-state index contributed by atoms with van der Waals surface area (Å²) in [5, 5.41) is 2.10. The van der Waals surface area contributed by atoms with E-state index in [1.807, 2.05) is 43.3 Å². The molecule has 0 saturated carbocycles. The molecule has 2 rings (SSSR count). The molecule has 2 nitrogen and oxygen atoms in total. The summed E-state index contributed by atoms with van der Waals surface area (Å²) in [7, 11) is 0. The van der Waals surface area contributed by atoms with Crippen LogP contribution >= 0.6 is 0 Å². The Bertz CT molecular complexity index is 515. The van der Waals surface area contributed by atoms with Crippen LogP contribution in [0.1, 0.15) is 15.9 Å². The Hall–Kier alpha value is -0.895. The molecular formula is C12H9HgO2. The summed E-state index contributed by atoms with van der Waals surface area (Å²) in [6, 6.07) is 11.7. The number of hydrogen-bond donors (Lipinski definition) is 0. The first kappa shape index (κ1) is 10.6. The summed E-state index contributed by atoms with van der Waals surface area (Å²) >= 11 is 0.0437. The Morgan fingerprint density at radius 3 is 2.53 bits per heavy atom. The number of rotatable bonds is 1. The molecule has 0 fully saturated rings. The van der Waals surface area contributed by atoms with Crippen molar-refractivity contribution in [2.75, 3.05) is 0 Å². The summed E-state index contributed by atoms with van der Waals surface area (Å²) in [5.74, 6) is -0.196. The molecule has 71 valence electrons. The van der Waals surface area contributed by atoms with E-state index in [0.29, 0.717) is 5.56 Å². The Morgan fingerprint density at radius 1 is 1.20 bits per heavy atom. The molecule has 0 unspecified atom stereocenters. The molecule has 0 aromatic heterocycles. The fourth-order valence-electron chi connectivity index (χ4n) is 1.78. The molecule has 0 N–H and O–H groups in total. The number of carbonyl (C=O) groups excluding carboxylic acids is 1. The average Bonchev–Trinajstić information content (AvgIpc) is 2.28. The van der Waals surface area contributed by atoms with Crippen LogP contribution in [0.3, 0.4) is 0 Å². The van der Waals surface area contributed by atoms with E-state index in [9.17, 15) is 4.79 Å². The number of benzene rings is 2. The van der Waals surface area contributed by atoms with Crippen molar-refractivity contribution in [3.05, 3.63) is 47.5 Å². The van der Waals surface area contributed by atoms with Gasteiger partial charge in [0.1, 0.15) is 0 Å². The molecule has 0 amide bonds. The SMILES string of the molecule is Cc1cccc2cccc(C(=O)[O][Hg])c12. The molecule has 0 aliphatic heterocycles. The van der Waals surface area contributed by atoms with Crippen molar-refractivity contribution in [2.24, 2.45) is 0 Å². The van der Waals surface area contributed by atoms with E-state index in [1.165, 1.54) is 0 Å². The maximum absolute atomic E-state index is 11.6. The van der Waals surface area contributed by atoms with Crippen LogP contribution in [0.4, 0.5) is 0 Å². The molecule has 2 aromatic carbocycles. The van der Waals surface area contributed by atoms with Crippen molar-refractivity contribution in [1.82, 2.24) is 0 Å². The molecule has 15 heavy (non-hydrogen) atoms. The van der Waals surface area contributed by atoms with Crippen molar-refractivity contribution < 1.29 is 34.0 Å². The van der Waals surface area contributed by atoms with Gasteiger partial charge in [0.15, 0.2) is 0 Å². The van der Waals surface area contributed by atoms with Gasteiger partial charge in [0, 0.05) is 0 Å². The topological polar surface area (TPSA) is 26.3 Å². The van der Waals surface area contributed by atoms with Gasteiger partial charge in [0.25, 0.3) is 0 Å². The Morgan fingerprint density at radius 2 is 1.87 bits per heavy atom. The number of carbonyl (C=O) groups is 1. The fraction of sp³-hybridized carbons (Fsp3) is 0.0833. The zero-order valence-electron chi connectivity index (χ0n) is 8.49. The minimum atomic E-state index is -0.196. The molecule has 0 saturated heterocycles. The minimum absolute atomic E-state index is 0.0437. The maximum atomic E-state index is 11.6. The third-order valence-corrected chi connectivity index (χ3v) is 3.48. The molecule has 0 radical (unpaired) electrons. The van der Waals surface area contributed by atoms with Gasteiger partial charge in [-0.1, -0.05) is 0 Å². The quantitative estimate of drug-likeness (QED) is 0.706. The summed E-state index contributed by atoms with van der Waals surface area (Å²) in [6.45, 7) is 2.01. The predicted molar refractivity (Wildman–Crippen MR) is 54.1 cm³/mol. The molecule has 0 spiro atoms. The second kappa shape index (κ2) is 4.31. The van der Waals surface area contributed by atoms with Gasteiger partial charge in [-0.25, -0.2) is 0 Å². The van der Waals surface area contributed by atoms with Crippen molar-refractivity contribution in [1.29, 1.82) is 0 Å². The van der Waals surface area contributed by atoms with Gasteiger partial charge in [-0.15, -0.1) is 0 Å². The molecular weight excluding hydrogens is 377 g/mol. The molecule has 0 aliphatic rings. The standard InChI is InChI=1S/C12H10O2.Hg/c1-8-4-2-5-9-6-3-7-10(11(8)9)12(13)14;/h2-7H,1H3,(H,13,14);/q;+1/p-1. The van der Waals surface area contributed by atoms with Crippen LogP contribution in [-0.2, 0) is 29.2 Å². The van der Waals surface area contributed by atoms with E-state index in [4.69, 9.17) is 2.64 Å². The Labute approximate surface area is 105 Å². The second-order valence-electron chi connectivity index (χ2n) is 3.41. The third-order valence-electron chi connectivity index (χ3n) is 2.46. The van der Waals surface area contributed by atoms with E-state index in [2.05, 4.69) is 0 Å². The molecule has 0 heterocycles. The third kappa shape index (κ3) is 1.91. The summed E-state index contributed by atoms with van der Waals surface area (Å²) in [4.78, 5) is 11.6. The van der Waals surface area contributed by atoms with Crippen LogP contribution in [-0.4, -0.2) is 5.97 Å². The fourth-order valence-corrected chi connectivity index (χ4v) is 2.38. The van der Waals surface area contributed by atoms with Gasteiger partial charge in [-0.3, -0.25) is 0 Å². The van der Waals surface area contributed by atoms with Crippen LogP contribution in [0.2, 0.25) is 0 Å². The molecule has 0 bridgehead atoms. The van der Waals surface area contributed by atoms with Crippen LogP contribution in [0.15, 0.2) is 36.4 Å². The van der Waals surface area contributed by atoms with E-state index >= 15 is 0 Å². The zero-order valence-corrected chi connectivity index (χ0v) is 14.0. The number of hydrogen-bond acceptors (Lipinski definition) is 2. The van der Waals surface area contributed by atoms with Gasteiger partial charge in [-0.2, -0.15) is 0 Å². The first-order valence-electron chi connectivity index (χ1n) is 4.68. The summed E-state index contributed by atoms with van der Waals surface area (Å²) in [6.07, 6.45) is 0. The van der Waals surface area contributed by atoms with Gasteiger partial charge >= 0.3 is 105 Å². The van der Waals surface area contributed by atoms with Crippen molar-refractivity contribution in [3.8, 4) is 0 Å². The van der Waals surface area contributed by atoms with Crippen LogP contribution in [0.25, 0.3) is 10.8 Å². The Balaban J connectivity index is 2.80. The van der Waals surface area contributed by atoms with Gasteiger partial charge in [0.2, 0.25) is 0 Å². The predicted octanol–water partition coefficient (Wildman–Crippen LogP) is 2.77. The van der Waals surface area contributed by atoms with Crippen LogP contribution < -0.4 is 0 Å². The van der Waals surface area contributed by atoms with Crippen molar-refractivity contribution in [2.45, 2.75) is 6.92 Å². The summed E-state index contributed by atoms with van der Waals surface area (Å²) < 4.78 is 4.95. The van der Waals surface area contributed by atoms with E-state index in [1.54, 1.807) is 0 Å². The normalized spacial score (nSPS) is 10.3. The average molecular weight is 386 g/mol. The van der Waals surface area contributed by atoms with E-state index in [0.717, 1.165) is 16.3 Å². The van der Waals surface area contributed by atoms with Gasteiger partial charge in [0.05, 0.1) is 0 Å². The first-order chi connectivity index (χ1) is 7.24. The second-order valence-corrected chi connectivity index (χ2v) is 4.53. The van der Waals surface area contributed by atoms with E-state index in [-0.39, 0.29) is 32.5 Å². The number of fused-ring (bicyclic) bond motifs is 1. The van der Waals surface area contributed by atoms with Crippen molar-refractivity contribution in [3.63, 3.8) is 0 Å². The van der Waals surface area contributed by atoms with Gasteiger partial charge in [-0.05, 0) is 0 Å². The zero-order chi connectivity index (χ0) is 10.8.